The van der Waals surface area contributed by atoms with Gasteiger partial charge in [-0.15, -0.1) is 0 Å². The summed E-state index contributed by atoms with van der Waals surface area (Å²) in [6.45, 7) is 4.34. The predicted octanol–water partition coefficient (Wildman–Crippen LogP) is 1.78. The number of rotatable bonds is 4. The van der Waals surface area contributed by atoms with Crippen LogP contribution in [-0.4, -0.2) is 40.4 Å². The number of aryl methyl sites for hydroxylation is 1. The van der Waals surface area contributed by atoms with Gasteiger partial charge < -0.3 is 10.6 Å². The molecule has 19 heavy (non-hydrogen) atoms. The van der Waals surface area contributed by atoms with E-state index >= 15 is 0 Å². The van der Waals surface area contributed by atoms with E-state index in [2.05, 4.69) is 56.1 Å². The van der Waals surface area contributed by atoms with Crippen molar-refractivity contribution in [3.63, 3.8) is 0 Å². The number of hydrogen-bond acceptors (Lipinski definition) is 3. The van der Waals surface area contributed by atoms with Crippen molar-refractivity contribution >= 4 is 10.9 Å². The van der Waals surface area contributed by atoms with Crippen LogP contribution in [0, 0.1) is 0 Å². The maximum Gasteiger partial charge on any atom is 0.0719 e. The number of benzene rings is 1. The fraction of sp³-hybridized carbons (Fsp3) is 0.533. The maximum atomic E-state index is 6.39. The summed E-state index contributed by atoms with van der Waals surface area (Å²) in [7, 11) is 6.11. The third-order valence-electron chi connectivity index (χ3n) is 4.31. The van der Waals surface area contributed by atoms with Gasteiger partial charge in [-0.25, -0.2) is 0 Å². The summed E-state index contributed by atoms with van der Waals surface area (Å²) < 4.78 is 1.93. The van der Waals surface area contributed by atoms with E-state index < -0.39 is 0 Å². The number of para-hydroxylation sites is 1. The Morgan fingerprint density at radius 2 is 1.95 bits per heavy atom. The Labute approximate surface area is 115 Å². The Hall–Kier alpha value is -1.39. The molecule has 0 aliphatic rings. The van der Waals surface area contributed by atoms with Crippen LogP contribution in [0.3, 0.4) is 0 Å². The number of aromatic nitrogens is 2. The molecule has 2 aromatic rings. The van der Waals surface area contributed by atoms with Crippen LogP contribution >= 0.6 is 0 Å². The molecule has 1 aromatic heterocycles. The van der Waals surface area contributed by atoms with Crippen molar-refractivity contribution in [2.45, 2.75) is 31.8 Å². The molecule has 0 aliphatic carbocycles. The minimum absolute atomic E-state index is 0.0424. The third-order valence-corrected chi connectivity index (χ3v) is 4.31. The second-order valence-corrected chi connectivity index (χ2v) is 5.95. The van der Waals surface area contributed by atoms with Gasteiger partial charge in [-0.1, -0.05) is 18.2 Å². The van der Waals surface area contributed by atoms with Crippen LogP contribution in [0.4, 0.5) is 0 Å². The molecule has 0 saturated heterocycles. The van der Waals surface area contributed by atoms with Crippen LogP contribution in [0.15, 0.2) is 24.3 Å². The van der Waals surface area contributed by atoms with Crippen LogP contribution in [0.2, 0.25) is 0 Å². The summed E-state index contributed by atoms with van der Waals surface area (Å²) in [4.78, 5) is 2.17. The monoisotopic (exact) mass is 260 g/mol. The average Bonchev–Trinajstić information content (AvgIpc) is 2.67. The molecular weight excluding hydrogens is 236 g/mol. The van der Waals surface area contributed by atoms with Gasteiger partial charge >= 0.3 is 0 Å². The molecule has 1 unspecified atom stereocenters. The van der Waals surface area contributed by atoms with E-state index in [1.807, 2.05) is 17.8 Å². The van der Waals surface area contributed by atoms with Gasteiger partial charge in [-0.3, -0.25) is 4.68 Å². The van der Waals surface area contributed by atoms with Crippen molar-refractivity contribution in [3.05, 3.63) is 30.0 Å². The summed E-state index contributed by atoms with van der Waals surface area (Å²) in [5.74, 6) is 0. The van der Waals surface area contributed by atoms with Crippen molar-refractivity contribution in [2.75, 3.05) is 14.1 Å². The van der Waals surface area contributed by atoms with Gasteiger partial charge in [0.1, 0.15) is 0 Å². The van der Waals surface area contributed by atoms with Crippen LogP contribution in [-0.2, 0) is 13.5 Å². The SMILES string of the molecule is CN(C)C(C)(C)C(N)Cc1nn(C)c2ccccc12. The van der Waals surface area contributed by atoms with E-state index in [4.69, 9.17) is 5.73 Å². The Kier molecular flexibility index (Phi) is 3.65. The lowest BCUT2D eigenvalue weighted by atomic mass is 9.90. The van der Waals surface area contributed by atoms with Gasteiger partial charge in [0, 0.05) is 30.4 Å². The van der Waals surface area contributed by atoms with Crippen molar-refractivity contribution < 1.29 is 0 Å². The Morgan fingerprint density at radius 3 is 2.58 bits per heavy atom. The van der Waals surface area contributed by atoms with Crippen molar-refractivity contribution in [1.82, 2.24) is 14.7 Å². The smallest absolute Gasteiger partial charge is 0.0719 e. The summed E-state index contributed by atoms with van der Waals surface area (Å²) in [6, 6.07) is 8.34. The molecule has 4 heteroatoms. The first kappa shape index (κ1) is 14.0. The van der Waals surface area contributed by atoms with Crippen molar-refractivity contribution in [1.29, 1.82) is 0 Å². The van der Waals surface area contributed by atoms with Gasteiger partial charge in [0.05, 0.1) is 11.2 Å². The number of nitrogens with two attached hydrogens (primary N) is 1. The Bertz CT molecular complexity index is 569. The minimum Gasteiger partial charge on any atom is -0.326 e. The average molecular weight is 260 g/mol. The van der Waals surface area contributed by atoms with Crippen molar-refractivity contribution in [2.24, 2.45) is 12.8 Å². The molecule has 0 radical (unpaired) electrons. The number of likely N-dealkylation sites (N-methyl/N-ethyl adjacent to an activating group) is 1. The summed E-state index contributed by atoms with van der Waals surface area (Å²) in [5, 5.41) is 5.82. The first-order valence-electron chi connectivity index (χ1n) is 6.67. The summed E-state index contributed by atoms with van der Waals surface area (Å²) >= 11 is 0. The van der Waals surface area contributed by atoms with Gasteiger partial charge in [0.15, 0.2) is 0 Å². The number of fused-ring (bicyclic) bond motifs is 1. The van der Waals surface area contributed by atoms with Crippen molar-refractivity contribution in [3.8, 4) is 0 Å². The highest BCUT2D eigenvalue weighted by molar-refractivity contribution is 5.81. The molecule has 1 heterocycles. The lowest BCUT2D eigenvalue weighted by Gasteiger charge is -2.37. The standard InChI is InChI=1S/C15H24N4/c1-15(2,18(3)4)14(16)10-12-11-8-6-7-9-13(11)19(5)17-12/h6-9,14H,10,16H2,1-5H3. The predicted molar refractivity (Wildman–Crippen MR) is 80.2 cm³/mol. The van der Waals surface area contributed by atoms with E-state index in [-0.39, 0.29) is 11.6 Å². The number of hydrogen-bond donors (Lipinski definition) is 1. The highest BCUT2D eigenvalue weighted by Gasteiger charge is 2.29. The lowest BCUT2D eigenvalue weighted by Crippen LogP contribution is -2.54. The molecule has 0 aliphatic heterocycles. The molecule has 1 aromatic carbocycles. The lowest BCUT2D eigenvalue weighted by molar-refractivity contribution is 0.157. The Balaban J connectivity index is 2.32. The quantitative estimate of drug-likeness (QED) is 0.911. The van der Waals surface area contributed by atoms with Crippen LogP contribution in [0.1, 0.15) is 19.5 Å². The second kappa shape index (κ2) is 4.94. The topological polar surface area (TPSA) is 47.1 Å². The molecule has 0 fully saturated rings. The third kappa shape index (κ3) is 2.51. The molecule has 0 spiro atoms. The summed E-state index contributed by atoms with van der Waals surface area (Å²) in [6.07, 6.45) is 0.784. The molecule has 0 bridgehead atoms. The molecule has 2 rings (SSSR count). The zero-order valence-corrected chi connectivity index (χ0v) is 12.5. The second-order valence-electron chi connectivity index (χ2n) is 5.95. The minimum atomic E-state index is -0.0569. The molecule has 0 amide bonds. The molecular formula is C15H24N4. The fourth-order valence-corrected chi connectivity index (χ4v) is 2.23. The van der Waals surface area contributed by atoms with E-state index in [1.165, 1.54) is 5.39 Å². The van der Waals surface area contributed by atoms with Gasteiger partial charge in [-0.2, -0.15) is 5.10 Å². The van der Waals surface area contributed by atoms with Crippen LogP contribution < -0.4 is 5.73 Å². The Morgan fingerprint density at radius 1 is 1.32 bits per heavy atom. The van der Waals surface area contributed by atoms with E-state index in [9.17, 15) is 0 Å². The van der Waals surface area contributed by atoms with Gasteiger partial charge in [-0.05, 0) is 34.0 Å². The van der Waals surface area contributed by atoms with Crippen LogP contribution in [0.5, 0.6) is 0 Å². The highest BCUT2D eigenvalue weighted by atomic mass is 15.3. The van der Waals surface area contributed by atoms with Gasteiger partial charge in [0.2, 0.25) is 0 Å². The summed E-state index contributed by atoms with van der Waals surface area (Å²) in [5.41, 5.74) is 8.58. The largest absolute Gasteiger partial charge is 0.326 e. The first-order valence-corrected chi connectivity index (χ1v) is 6.67. The first-order chi connectivity index (χ1) is 8.84. The van der Waals surface area contributed by atoms with E-state index in [0.717, 1.165) is 17.6 Å². The molecule has 0 saturated carbocycles. The van der Waals surface area contributed by atoms with E-state index in [0.29, 0.717) is 0 Å². The molecule has 1 atom stereocenters. The highest BCUT2D eigenvalue weighted by Crippen LogP contribution is 2.22. The zero-order chi connectivity index (χ0) is 14.2. The fourth-order valence-electron chi connectivity index (χ4n) is 2.23. The molecule has 4 nitrogen and oxygen atoms in total. The number of nitrogens with zero attached hydrogens (tertiary/aromatic N) is 3. The molecule has 104 valence electrons. The van der Waals surface area contributed by atoms with Gasteiger partial charge in [0.25, 0.3) is 0 Å². The van der Waals surface area contributed by atoms with E-state index in [1.54, 1.807) is 0 Å². The molecule has 2 N–H and O–H groups in total. The normalized spacial score (nSPS) is 14.3. The van der Waals surface area contributed by atoms with Crippen LogP contribution in [0.25, 0.3) is 10.9 Å². The maximum absolute atomic E-state index is 6.39. The zero-order valence-electron chi connectivity index (χ0n) is 12.5.